The Labute approximate surface area is 123 Å². The van der Waals surface area contributed by atoms with Crippen LogP contribution in [0.25, 0.3) is 0 Å². The summed E-state index contributed by atoms with van der Waals surface area (Å²) in [6.45, 7) is 2.23. The van der Waals surface area contributed by atoms with Crippen LogP contribution in [-0.4, -0.2) is 6.61 Å². The minimum atomic E-state index is -2.79. The number of rotatable bonds is 6. The van der Waals surface area contributed by atoms with E-state index in [1.54, 1.807) is 12.1 Å². The van der Waals surface area contributed by atoms with Crippen molar-refractivity contribution in [1.82, 2.24) is 0 Å². The number of anilines is 1. The van der Waals surface area contributed by atoms with Crippen LogP contribution >= 0.6 is 0 Å². The van der Waals surface area contributed by atoms with Crippen LogP contribution in [0.4, 0.5) is 14.5 Å². The zero-order valence-corrected chi connectivity index (χ0v) is 12.1. The van der Waals surface area contributed by atoms with E-state index in [1.807, 2.05) is 0 Å². The summed E-state index contributed by atoms with van der Waals surface area (Å²) in [7, 11) is 0. The van der Waals surface area contributed by atoms with E-state index in [9.17, 15) is 8.78 Å². The van der Waals surface area contributed by atoms with Crippen molar-refractivity contribution >= 4 is 5.69 Å². The quantitative estimate of drug-likeness (QED) is 0.806. The van der Waals surface area contributed by atoms with Crippen LogP contribution in [0.2, 0.25) is 0 Å². The Morgan fingerprint density at radius 3 is 2.10 bits per heavy atom. The first-order valence-corrected chi connectivity index (χ1v) is 6.92. The summed E-state index contributed by atoms with van der Waals surface area (Å²) >= 11 is 0. The molecular weight excluding hydrogens is 272 g/mol. The molecule has 0 aliphatic rings. The predicted molar refractivity (Wildman–Crippen MR) is 80.9 cm³/mol. The number of halogens is 2. The maximum atomic E-state index is 12.0. The molecule has 112 valence electrons. The molecule has 2 rings (SSSR count). The van der Waals surface area contributed by atoms with Gasteiger partial charge in [-0.25, -0.2) is 0 Å². The lowest BCUT2D eigenvalue weighted by atomic mass is 10.0. The van der Waals surface area contributed by atoms with Crippen LogP contribution in [0, 0.1) is 0 Å². The molecule has 2 nitrogen and oxygen atoms in total. The highest BCUT2D eigenvalue weighted by Gasteiger charge is 2.03. The molecule has 0 amide bonds. The van der Waals surface area contributed by atoms with Crippen molar-refractivity contribution in [1.29, 1.82) is 0 Å². The Kier molecular flexibility index (Phi) is 5.14. The van der Waals surface area contributed by atoms with Crippen molar-refractivity contribution in [2.75, 3.05) is 5.32 Å². The molecule has 4 heteroatoms. The highest BCUT2D eigenvalue weighted by molar-refractivity contribution is 5.46. The second-order valence-electron chi connectivity index (χ2n) is 5.15. The van der Waals surface area contributed by atoms with Gasteiger partial charge in [0, 0.05) is 12.2 Å². The average Bonchev–Trinajstić information content (AvgIpc) is 2.46. The van der Waals surface area contributed by atoms with Crippen molar-refractivity contribution in [2.24, 2.45) is 0 Å². The third kappa shape index (κ3) is 4.74. The van der Waals surface area contributed by atoms with Gasteiger partial charge in [0.2, 0.25) is 0 Å². The minimum absolute atomic E-state index is 0.164. The molecule has 2 aromatic carbocycles. The monoisotopic (exact) mass is 291 g/mol. The molecule has 0 atom stereocenters. The SMILES string of the molecule is CC(C)c1ccc(CNc2ccc(OC(F)F)cc2)cc1. The van der Waals surface area contributed by atoms with Gasteiger partial charge in [-0.2, -0.15) is 8.78 Å². The fourth-order valence-electron chi connectivity index (χ4n) is 1.98. The standard InChI is InChI=1S/C17H19F2NO/c1-12(2)14-5-3-13(4-6-14)11-20-15-7-9-16(10-8-15)21-17(18)19/h3-10,12,17,20H,11H2,1-2H3. The highest BCUT2D eigenvalue weighted by atomic mass is 19.3. The number of benzene rings is 2. The molecule has 0 saturated carbocycles. The maximum Gasteiger partial charge on any atom is 0.387 e. The van der Waals surface area contributed by atoms with E-state index >= 15 is 0 Å². The van der Waals surface area contributed by atoms with Crippen LogP contribution in [0.3, 0.4) is 0 Å². The number of ether oxygens (including phenoxy) is 1. The Bertz CT molecular complexity index is 550. The fraction of sp³-hybridized carbons (Fsp3) is 0.294. The Hall–Kier alpha value is -2.10. The molecule has 0 fully saturated rings. The van der Waals surface area contributed by atoms with Gasteiger partial charge >= 0.3 is 6.61 Å². The Balaban J connectivity index is 1.90. The van der Waals surface area contributed by atoms with E-state index in [1.165, 1.54) is 23.3 Å². The summed E-state index contributed by atoms with van der Waals surface area (Å²) in [6, 6.07) is 14.9. The average molecular weight is 291 g/mol. The molecule has 0 unspecified atom stereocenters. The van der Waals surface area contributed by atoms with Gasteiger partial charge in [-0.05, 0) is 41.3 Å². The summed E-state index contributed by atoms with van der Waals surface area (Å²) in [5, 5.41) is 3.25. The first-order chi connectivity index (χ1) is 10.0. The largest absolute Gasteiger partial charge is 0.435 e. The predicted octanol–water partition coefficient (Wildman–Crippen LogP) is 5.02. The van der Waals surface area contributed by atoms with E-state index in [2.05, 4.69) is 48.2 Å². The zero-order valence-electron chi connectivity index (χ0n) is 12.1. The number of alkyl halides is 2. The highest BCUT2D eigenvalue weighted by Crippen LogP contribution is 2.19. The van der Waals surface area contributed by atoms with Crippen molar-refractivity contribution in [2.45, 2.75) is 32.9 Å². The molecule has 0 heterocycles. The van der Waals surface area contributed by atoms with Gasteiger partial charge in [-0.3, -0.25) is 0 Å². The van der Waals surface area contributed by atoms with Crippen LogP contribution in [0.15, 0.2) is 48.5 Å². The van der Waals surface area contributed by atoms with Crippen molar-refractivity contribution in [3.05, 3.63) is 59.7 Å². The minimum Gasteiger partial charge on any atom is -0.435 e. The molecule has 21 heavy (non-hydrogen) atoms. The first kappa shape index (κ1) is 15.3. The number of nitrogens with one attached hydrogen (secondary N) is 1. The molecule has 1 N–H and O–H groups in total. The topological polar surface area (TPSA) is 21.3 Å². The number of hydrogen-bond acceptors (Lipinski definition) is 2. The normalized spacial score (nSPS) is 11.0. The molecule has 2 aromatic rings. The van der Waals surface area contributed by atoms with Crippen molar-refractivity contribution in [3.8, 4) is 5.75 Å². The fourth-order valence-corrected chi connectivity index (χ4v) is 1.98. The molecule has 0 saturated heterocycles. The third-order valence-electron chi connectivity index (χ3n) is 3.22. The lowest BCUT2D eigenvalue weighted by Crippen LogP contribution is -2.02. The van der Waals surface area contributed by atoms with Crippen LogP contribution in [-0.2, 0) is 6.54 Å². The van der Waals surface area contributed by atoms with Crippen molar-refractivity contribution in [3.63, 3.8) is 0 Å². The van der Waals surface area contributed by atoms with Gasteiger partial charge in [0.05, 0.1) is 0 Å². The number of hydrogen-bond donors (Lipinski definition) is 1. The van der Waals surface area contributed by atoms with E-state index in [-0.39, 0.29) is 5.75 Å². The Morgan fingerprint density at radius 2 is 1.57 bits per heavy atom. The molecular formula is C17H19F2NO. The molecule has 0 radical (unpaired) electrons. The maximum absolute atomic E-state index is 12.0. The molecule has 0 bridgehead atoms. The van der Waals surface area contributed by atoms with Gasteiger partial charge in [0.1, 0.15) is 5.75 Å². The second-order valence-corrected chi connectivity index (χ2v) is 5.15. The Morgan fingerprint density at radius 1 is 0.952 bits per heavy atom. The molecule has 0 spiro atoms. The summed E-state index contributed by atoms with van der Waals surface area (Å²) in [5.74, 6) is 0.686. The second kappa shape index (κ2) is 7.07. The van der Waals surface area contributed by atoms with Crippen molar-refractivity contribution < 1.29 is 13.5 Å². The lowest BCUT2D eigenvalue weighted by Gasteiger charge is -2.10. The van der Waals surface area contributed by atoms with Crippen LogP contribution < -0.4 is 10.1 Å². The lowest BCUT2D eigenvalue weighted by molar-refractivity contribution is -0.0498. The summed E-state index contributed by atoms with van der Waals surface area (Å²) in [5.41, 5.74) is 3.35. The van der Waals surface area contributed by atoms with E-state index in [0.29, 0.717) is 12.5 Å². The smallest absolute Gasteiger partial charge is 0.387 e. The van der Waals surface area contributed by atoms with Gasteiger partial charge in [-0.1, -0.05) is 38.1 Å². The van der Waals surface area contributed by atoms with E-state index < -0.39 is 6.61 Å². The van der Waals surface area contributed by atoms with E-state index in [4.69, 9.17) is 0 Å². The first-order valence-electron chi connectivity index (χ1n) is 6.92. The van der Waals surface area contributed by atoms with E-state index in [0.717, 1.165) is 5.69 Å². The van der Waals surface area contributed by atoms with Gasteiger partial charge in [0.25, 0.3) is 0 Å². The van der Waals surface area contributed by atoms with Gasteiger partial charge in [0.15, 0.2) is 0 Å². The summed E-state index contributed by atoms with van der Waals surface area (Å²) in [6.07, 6.45) is 0. The molecule has 0 aliphatic heterocycles. The summed E-state index contributed by atoms with van der Waals surface area (Å²) < 4.78 is 28.4. The third-order valence-corrected chi connectivity index (χ3v) is 3.22. The van der Waals surface area contributed by atoms with Crippen LogP contribution in [0.5, 0.6) is 5.75 Å². The zero-order chi connectivity index (χ0) is 15.2. The summed E-state index contributed by atoms with van der Waals surface area (Å²) in [4.78, 5) is 0. The molecule has 0 aliphatic carbocycles. The van der Waals surface area contributed by atoms with Gasteiger partial charge in [-0.15, -0.1) is 0 Å². The molecule has 0 aromatic heterocycles. The van der Waals surface area contributed by atoms with Gasteiger partial charge < -0.3 is 10.1 Å². The van der Waals surface area contributed by atoms with Crippen LogP contribution in [0.1, 0.15) is 30.9 Å².